The number of hydrogen-bond donors (Lipinski definition) is 0. The van der Waals surface area contributed by atoms with E-state index in [0.717, 1.165) is 5.92 Å². The van der Waals surface area contributed by atoms with E-state index in [-0.39, 0.29) is 0 Å². The molecule has 1 aliphatic carbocycles. The fourth-order valence-corrected chi connectivity index (χ4v) is 2.75. The van der Waals surface area contributed by atoms with Crippen LogP contribution in [0, 0.1) is 11.3 Å². The van der Waals surface area contributed by atoms with E-state index in [2.05, 4.69) is 34.6 Å². The number of rotatable bonds is 0. The van der Waals surface area contributed by atoms with Crippen LogP contribution in [0.15, 0.2) is 11.1 Å². The number of allylic oxidation sites excluding steroid dienone is 2. The van der Waals surface area contributed by atoms with Crippen molar-refractivity contribution in [2.45, 2.75) is 53.9 Å². The molecule has 0 amide bonds. The van der Waals surface area contributed by atoms with Gasteiger partial charge in [-0.25, -0.2) is 0 Å². The minimum Gasteiger partial charge on any atom is -0.0733 e. The Hall–Kier alpha value is -0.260. The molecule has 1 unspecified atom stereocenters. The summed E-state index contributed by atoms with van der Waals surface area (Å²) in [5.74, 6) is 0.818. The minimum atomic E-state index is 0.393. The first kappa shape index (κ1) is 9.83. The van der Waals surface area contributed by atoms with E-state index >= 15 is 0 Å². The van der Waals surface area contributed by atoms with E-state index in [0.29, 0.717) is 5.41 Å². The fourth-order valence-electron chi connectivity index (χ4n) is 2.75. The van der Waals surface area contributed by atoms with Gasteiger partial charge in [-0.05, 0) is 37.5 Å². The van der Waals surface area contributed by atoms with Crippen LogP contribution in [0.2, 0.25) is 0 Å². The Morgan fingerprint density at radius 2 is 1.83 bits per heavy atom. The molecular weight excluding hydrogens is 144 g/mol. The van der Waals surface area contributed by atoms with Gasteiger partial charge in [0.25, 0.3) is 0 Å². The minimum absolute atomic E-state index is 0.393. The lowest BCUT2D eigenvalue weighted by Gasteiger charge is -2.34. The molecule has 0 aromatic heterocycles. The summed E-state index contributed by atoms with van der Waals surface area (Å²) in [7, 11) is 0. The molecule has 0 fully saturated rings. The van der Waals surface area contributed by atoms with Crippen LogP contribution in [0.4, 0.5) is 0 Å². The van der Waals surface area contributed by atoms with E-state index in [1.807, 2.05) is 0 Å². The molecular formula is C12H22. The molecule has 0 saturated heterocycles. The quantitative estimate of drug-likeness (QED) is 0.474. The van der Waals surface area contributed by atoms with Crippen LogP contribution in [0.1, 0.15) is 53.9 Å². The van der Waals surface area contributed by atoms with Crippen LogP contribution in [-0.4, -0.2) is 0 Å². The highest BCUT2D eigenvalue weighted by molar-refractivity contribution is 5.23. The first-order valence-corrected chi connectivity index (χ1v) is 5.13. The maximum absolute atomic E-state index is 2.38. The highest BCUT2D eigenvalue weighted by atomic mass is 14.3. The third kappa shape index (κ3) is 1.91. The van der Waals surface area contributed by atoms with Gasteiger partial charge in [-0.3, -0.25) is 0 Å². The molecule has 12 heavy (non-hydrogen) atoms. The van der Waals surface area contributed by atoms with Gasteiger partial charge in [-0.1, -0.05) is 38.8 Å². The van der Waals surface area contributed by atoms with E-state index in [1.54, 1.807) is 11.1 Å². The van der Waals surface area contributed by atoms with Gasteiger partial charge < -0.3 is 0 Å². The first-order valence-electron chi connectivity index (χ1n) is 5.13. The van der Waals surface area contributed by atoms with Gasteiger partial charge in [0.15, 0.2) is 0 Å². The van der Waals surface area contributed by atoms with E-state index in [9.17, 15) is 0 Å². The molecule has 0 nitrogen and oxygen atoms in total. The molecule has 0 aliphatic heterocycles. The lowest BCUT2D eigenvalue weighted by Crippen LogP contribution is -2.20. The van der Waals surface area contributed by atoms with Crippen LogP contribution in [0.25, 0.3) is 0 Å². The summed E-state index contributed by atoms with van der Waals surface area (Å²) in [6.07, 6.45) is 4.12. The second-order valence-corrected chi connectivity index (χ2v) is 5.24. The van der Waals surface area contributed by atoms with E-state index < -0.39 is 0 Å². The average Bonchev–Trinajstić information content (AvgIpc) is 1.82. The maximum Gasteiger partial charge on any atom is -0.0168 e. The molecule has 0 spiro atoms. The van der Waals surface area contributed by atoms with Crippen LogP contribution < -0.4 is 0 Å². The Labute approximate surface area is 77.1 Å². The summed E-state index contributed by atoms with van der Waals surface area (Å²) in [5.41, 5.74) is 3.76. The Balaban J connectivity index is 2.96. The Bertz CT molecular complexity index is 191. The topological polar surface area (TPSA) is 0 Å². The number of hydrogen-bond acceptors (Lipinski definition) is 0. The largest absolute Gasteiger partial charge is 0.0733 e. The molecule has 1 rings (SSSR count). The summed E-state index contributed by atoms with van der Waals surface area (Å²) in [6, 6.07) is 0. The first-order chi connectivity index (χ1) is 5.43. The molecule has 1 atom stereocenters. The van der Waals surface area contributed by atoms with Crippen LogP contribution in [0.5, 0.6) is 0 Å². The second-order valence-electron chi connectivity index (χ2n) is 5.24. The Morgan fingerprint density at radius 3 is 2.17 bits per heavy atom. The van der Waals surface area contributed by atoms with Gasteiger partial charge in [0.1, 0.15) is 0 Å². The zero-order chi connectivity index (χ0) is 9.35. The van der Waals surface area contributed by atoms with Gasteiger partial charge in [-0.15, -0.1) is 0 Å². The average molecular weight is 166 g/mol. The van der Waals surface area contributed by atoms with Crippen LogP contribution in [0.3, 0.4) is 0 Å². The molecule has 0 heteroatoms. The SMILES string of the molecule is CC1=C(C(C)(C)C)C(C)CCC1. The standard InChI is InChI=1S/C12H22/c1-9-7-6-8-10(2)11(9)12(3,4)5/h9H,6-8H2,1-5H3. The van der Waals surface area contributed by atoms with Crippen molar-refractivity contribution in [3.8, 4) is 0 Å². The van der Waals surface area contributed by atoms with E-state index in [4.69, 9.17) is 0 Å². The molecule has 0 heterocycles. The van der Waals surface area contributed by atoms with Gasteiger partial charge in [0, 0.05) is 0 Å². The van der Waals surface area contributed by atoms with Crippen molar-refractivity contribution in [2.24, 2.45) is 11.3 Å². The van der Waals surface area contributed by atoms with Crippen molar-refractivity contribution in [3.05, 3.63) is 11.1 Å². The molecule has 0 saturated carbocycles. The van der Waals surface area contributed by atoms with Crippen molar-refractivity contribution < 1.29 is 0 Å². The van der Waals surface area contributed by atoms with Gasteiger partial charge in [0.2, 0.25) is 0 Å². The summed E-state index contributed by atoms with van der Waals surface area (Å²) < 4.78 is 0. The third-order valence-corrected chi connectivity index (χ3v) is 2.95. The summed E-state index contributed by atoms with van der Waals surface area (Å²) >= 11 is 0. The summed E-state index contributed by atoms with van der Waals surface area (Å²) in [4.78, 5) is 0. The van der Waals surface area contributed by atoms with Gasteiger partial charge >= 0.3 is 0 Å². The predicted octanol–water partition coefficient (Wildman–Crippen LogP) is 4.17. The fraction of sp³-hybridized carbons (Fsp3) is 0.833. The highest BCUT2D eigenvalue weighted by Crippen LogP contribution is 2.40. The summed E-state index contributed by atoms with van der Waals surface area (Å²) in [6.45, 7) is 11.7. The second kappa shape index (κ2) is 3.24. The third-order valence-electron chi connectivity index (χ3n) is 2.95. The molecule has 0 aromatic carbocycles. The molecule has 0 bridgehead atoms. The van der Waals surface area contributed by atoms with Crippen molar-refractivity contribution in [1.29, 1.82) is 0 Å². The van der Waals surface area contributed by atoms with Crippen molar-refractivity contribution in [3.63, 3.8) is 0 Å². The maximum atomic E-state index is 2.38. The summed E-state index contributed by atoms with van der Waals surface area (Å²) in [5, 5.41) is 0. The van der Waals surface area contributed by atoms with Crippen molar-refractivity contribution in [1.82, 2.24) is 0 Å². The van der Waals surface area contributed by atoms with E-state index in [1.165, 1.54) is 19.3 Å². The Morgan fingerprint density at radius 1 is 1.25 bits per heavy atom. The zero-order valence-electron chi connectivity index (χ0n) is 9.20. The molecule has 0 N–H and O–H groups in total. The predicted molar refractivity (Wildman–Crippen MR) is 55.2 cm³/mol. The normalized spacial score (nSPS) is 26.2. The Kier molecular flexibility index (Phi) is 2.65. The highest BCUT2D eigenvalue weighted by Gasteiger charge is 2.26. The lowest BCUT2D eigenvalue weighted by atomic mass is 9.72. The lowest BCUT2D eigenvalue weighted by molar-refractivity contribution is 0.389. The monoisotopic (exact) mass is 166 g/mol. The molecule has 1 aliphatic rings. The zero-order valence-corrected chi connectivity index (χ0v) is 9.20. The smallest absolute Gasteiger partial charge is 0.0168 e. The molecule has 0 radical (unpaired) electrons. The van der Waals surface area contributed by atoms with Gasteiger partial charge in [0.05, 0.1) is 0 Å². The van der Waals surface area contributed by atoms with Crippen LogP contribution >= 0.6 is 0 Å². The molecule has 70 valence electrons. The van der Waals surface area contributed by atoms with Crippen molar-refractivity contribution in [2.75, 3.05) is 0 Å². The molecule has 0 aromatic rings. The van der Waals surface area contributed by atoms with Crippen LogP contribution in [-0.2, 0) is 0 Å². The van der Waals surface area contributed by atoms with Gasteiger partial charge in [-0.2, -0.15) is 0 Å². The van der Waals surface area contributed by atoms with Crippen molar-refractivity contribution >= 4 is 0 Å².